The van der Waals surface area contributed by atoms with Gasteiger partial charge in [0.2, 0.25) is 11.2 Å². The van der Waals surface area contributed by atoms with Crippen molar-refractivity contribution in [2.75, 3.05) is 7.11 Å². The lowest BCUT2D eigenvalue weighted by atomic mass is 10.0. The number of halogens is 3. The molecule has 9 heteroatoms. The molecule has 1 heterocycles. The Balaban J connectivity index is 2.25. The topological polar surface area (TPSA) is 89.1 Å². The molecule has 0 saturated heterocycles. The van der Waals surface area contributed by atoms with E-state index in [0.717, 1.165) is 23.8 Å². The Labute approximate surface area is 174 Å². The maximum atomic E-state index is 13.0. The van der Waals surface area contributed by atoms with Crippen LogP contribution in [0.3, 0.4) is 0 Å². The molecule has 0 aliphatic heterocycles. The molecule has 0 aliphatic rings. The maximum absolute atomic E-state index is 13.0. The predicted octanol–water partition coefficient (Wildman–Crippen LogP) is 5.29. The van der Waals surface area contributed by atoms with Crippen LogP contribution in [0, 0.1) is 0 Å². The number of alkyl halides is 3. The van der Waals surface area contributed by atoms with Crippen LogP contribution in [0.5, 0.6) is 23.0 Å². The van der Waals surface area contributed by atoms with Crippen molar-refractivity contribution < 1.29 is 37.3 Å². The van der Waals surface area contributed by atoms with Crippen LogP contribution in [0.2, 0.25) is 0 Å². The number of fused-ring (bicyclic) bond motifs is 1. The summed E-state index contributed by atoms with van der Waals surface area (Å²) in [5.41, 5.74) is 0.724. The van der Waals surface area contributed by atoms with Gasteiger partial charge in [-0.2, -0.15) is 0 Å². The third-order valence-corrected chi connectivity index (χ3v) is 4.45. The van der Waals surface area contributed by atoms with Gasteiger partial charge in [0.05, 0.1) is 7.11 Å². The van der Waals surface area contributed by atoms with E-state index in [2.05, 4.69) is 4.74 Å². The van der Waals surface area contributed by atoms with E-state index in [9.17, 15) is 28.2 Å². The van der Waals surface area contributed by atoms with Crippen LogP contribution in [0.4, 0.5) is 13.2 Å². The van der Waals surface area contributed by atoms with Gasteiger partial charge < -0.3 is 24.1 Å². The smallest absolute Gasteiger partial charge is 0.507 e. The highest BCUT2D eigenvalue weighted by molar-refractivity contribution is 5.91. The summed E-state index contributed by atoms with van der Waals surface area (Å²) in [7, 11) is 1.23. The van der Waals surface area contributed by atoms with E-state index < -0.39 is 23.3 Å². The summed E-state index contributed by atoms with van der Waals surface area (Å²) in [5.74, 6) is -1.51. The molecular formula is C22H19F3O6. The first kappa shape index (κ1) is 22.1. The number of ether oxygens (including phenoxy) is 2. The lowest BCUT2D eigenvalue weighted by Gasteiger charge is -2.14. The highest BCUT2D eigenvalue weighted by atomic mass is 19.4. The number of phenols is 2. The molecular weight excluding hydrogens is 417 g/mol. The van der Waals surface area contributed by atoms with E-state index in [-0.39, 0.29) is 45.8 Å². The molecule has 164 valence electrons. The van der Waals surface area contributed by atoms with Gasteiger partial charge in [-0.25, -0.2) is 0 Å². The van der Waals surface area contributed by atoms with E-state index in [4.69, 9.17) is 9.15 Å². The average molecular weight is 436 g/mol. The Hall–Kier alpha value is -3.62. The Morgan fingerprint density at radius 3 is 2.32 bits per heavy atom. The minimum atomic E-state index is -4.84. The van der Waals surface area contributed by atoms with Gasteiger partial charge in [0.1, 0.15) is 28.2 Å². The van der Waals surface area contributed by atoms with Crippen molar-refractivity contribution in [3.05, 3.63) is 57.8 Å². The van der Waals surface area contributed by atoms with Gasteiger partial charge in [0.25, 0.3) is 0 Å². The molecule has 6 nitrogen and oxygen atoms in total. The van der Waals surface area contributed by atoms with Crippen LogP contribution >= 0.6 is 0 Å². The SMILES string of the molecule is COc1c(-c2ccc(OC(F)(F)F)cc2)oc2c(CC=C(C)C)c(O)cc(O)c2c1=O. The molecule has 0 amide bonds. The number of benzene rings is 2. The monoisotopic (exact) mass is 436 g/mol. The van der Waals surface area contributed by atoms with E-state index in [1.54, 1.807) is 6.08 Å². The molecule has 0 fully saturated rings. The second-order valence-corrected chi connectivity index (χ2v) is 6.95. The second kappa shape index (κ2) is 8.25. The molecule has 2 aromatic carbocycles. The fourth-order valence-electron chi connectivity index (χ4n) is 3.06. The molecule has 0 aliphatic carbocycles. The second-order valence-electron chi connectivity index (χ2n) is 6.95. The van der Waals surface area contributed by atoms with Gasteiger partial charge in [-0.15, -0.1) is 13.2 Å². The third kappa shape index (κ3) is 4.60. The first-order chi connectivity index (χ1) is 14.5. The lowest BCUT2D eigenvalue weighted by molar-refractivity contribution is -0.274. The van der Waals surface area contributed by atoms with Crippen molar-refractivity contribution in [1.29, 1.82) is 0 Å². The molecule has 1 aromatic heterocycles. The molecule has 0 radical (unpaired) electrons. The molecule has 0 bridgehead atoms. The van der Waals surface area contributed by atoms with E-state index in [1.165, 1.54) is 19.2 Å². The predicted molar refractivity (Wildman–Crippen MR) is 108 cm³/mol. The molecule has 2 N–H and O–H groups in total. The molecule has 0 saturated carbocycles. The zero-order chi connectivity index (χ0) is 22.9. The summed E-state index contributed by atoms with van der Waals surface area (Å²) < 4.78 is 52.1. The largest absolute Gasteiger partial charge is 0.573 e. The maximum Gasteiger partial charge on any atom is 0.573 e. The normalized spacial score (nSPS) is 11.4. The van der Waals surface area contributed by atoms with Gasteiger partial charge in [-0.05, 0) is 44.5 Å². The quantitative estimate of drug-likeness (QED) is 0.529. The Morgan fingerprint density at radius 2 is 1.77 bits per heavy atom. The van der Waals surface area contributed by atoms with Crippen LogP contribution in [0.15, 0.2) is 51.2 Å². The van der Waals surface area contributed by atoms with Crippen molar-refractivity contribution in [2.24, 2.45) is 0 Å². The molecule has 31 heavy (non-hydrogen) atoms. The Kier molecular flexibility index (Phi) is 5.88. The molecule has 3 rings (SSSR count). The van der Waals surface area contributed by atoms with Gasteiger partial charge in [-0.1, -0.05) is 11.6 Å². The minimum absolute atomic E-state index is 0.0496. The van der Waals surface area contributed by atoms with Crippen molar-refractivity contribution >= 4 is 11.0 Å². The highest BCUT2D eigenvalue weighted by Crippen LogP contribution is 2.39. The van der Waals surface area contributed by atoms with E-state index in [1.807, 2.05) is 13.8 Å². The third-order valence-electron chi connectivity index (χ3n) is 4.45. The van der Waals surface area contributed by atoms with Gasteiger partial charge in [0.15, 0.2) is 5.76 Å². The van der Waals surface area contributed by atoms with Crippen LogP contribution in [-0.4, -0.2) is 23.7 Å². The van der Waals surface area contributed by atoms with E-state index in [0.29, 0.717) is 0 Å². The minimum Gasteiger partial charge on any atom is -0.507 e. The summed E-state index contributed by atoms with van der Waals surface area (Å²) in [5, 5.41) is 20.4. The number of rotatable bonds is 5. The van der Waals surface area contributed by atoms with Crippen LogP contribution in [0.25, 0.3) is 22.3 Å². The van der Waals surface area contributed by atoms with Gasteiger partial charge in [-0.3, -0.25) is 4.79 Å². The number of phenolic OH excluding ortho intramolecular Hbond substituents is 2. The van der Waals surface area contributed by atoms with E-state index >= 15 is 0 Å². The summed E-state index contributed by atoms with van der Waals surface area (Å²) in [4.78, 5) is 13.0. The Bertz CT molecular complexity index is 1200. The number of hydrogen-bond acceptors (Lipinski definition) is 6. The number of allylic oxidation sites excluding steroid dienone is 2. The summed E-state index contributed by atoms with van der Waals surface area (Å²) >= 11 is 0. The summed E-state index contributed by atoms with van der Waals surface area (Å²) in [6.45, 7) is 3.71. The van der Waals surface area contributed by atoms with Gasteiger partial charge >= 0.3 is 6.36 Å². The van der Waals surface area contributed by atoms with Crippen molar-refractivity contribution in [3.8, 4) is 34.3 Å². The van der Waals surface area contributed by atoms with Crippen molar-refractivity contribution in [1.82, 2.24) is 0 Å². The standard InChI is InChI=1S/C22H19F3O6/c1-11(2)4-9-14-15(26)10-16(27)17-18(28)21(29-3)19(30-20(14)17)12-5-7-13(8-6-12)31-22(23,24)25/h4-8,10,26-27H,9H2,1-3H3. The number of hydrogen-bond donors (Lipinski definition) is 2. The zero-order valence-electron chi connectivity index (χ0n) is 16.8. The number of methoxy groups -OCH3 is 1. The van der Waals surface area contributed by atoms with Crippen LogP contribution in [-0.2, 0) is 6.42 Å². The van der Waals surface area contributed by atoms with Crippen LogP contribution < -0.4 is 14.9 Å². The molecule has 0 unspecified atom stereocenters. The van der Waals surface area contributed by atoms with Crippen LogP contribution in [0.1, 0.15) is 19.4 Å². The van der Waals surface area contributed by atoms with Crippen molar-refractivity contribution in [2.45, 2.75) is 26.6 Å². The summed E-state index contributed by atoms with van der Waals surface area (Å²) in [6, 6.07) is 5.72. The van der Waals surface area contributed by atoms with Crippen molar-refractivity contribution in [3.63, 3.8) is 0 Å². The Morgan fingerprint density at radius 1 is 1.13 bits per heavy atom. The highest BCUT2D eigenvalue weighted by Gasteiger charge is 2.31. The fraction of sp³-hybridized carbons (Fsp3) is 0.227. The average Bonchev–Trinajstić information content (AvgIpc) is 2.66. The zero-order valence-corrected chi connectivity index (χ0v) is 16.8. The molecule has 0 atom stereocenters. The fourth-order valence-corrected chi connectivity index (χ4v) is 3.06. The molecule has 0 spiro atoms. The first-order valence-corrected chi connectivity index (χ1v) is 9.10. The summed E-state index contributed by atoms with van der Waals surface area (Å²) in [6.07, 6.45) is -2.82. The molecule has 3 aromatic rings. The van der Waals surface area contributed by atoms with Gasteiger partial charge in [0, 0.05) is 17.2 Å². The first-order valence-electron chi connectivity index (χ1n) is 9.10. The number of aromatic hydroxyl groups is 2. The lowest BCUT2D eigenvalue weighted by Crippen LogP contribution is -2.17.